The first kappa shape index (κ1) is 31.8. The van der Waals surface area contributed by atoms with Gasteiger partial charge in [0.2, 0.25) is 21.8 Å². The predicted molar refractivity (Wildman–Crippen MR) is 169 cm³/mol. The van der Waals surface area contributed by atoms with Gasteiger partial charge in [-0.15, -0.1) is 0 Å². The van der Waals surface area contributed by atoms with Crippen LogP contribution in [0.1, 0.15) is 36.8 Å². The van der Waals surface area contributed by atoms with Crippen molar-refractivity contribution in [1.29, 1.82) is 0 Å². The first-order valence-corrected chi connectivity index (χ1v) is 16.8. The van der Waals surface area contributed by atoms with Crippen LogP contribution in [0.5, 0.6) is 5.75 Å². The minimum absolute atomic E-state index is 0.0487. The van der Waals surface area contributed by atoms with Gasteiger partial charge in [-0.1, -0.05) is 82.8 Å². The number of hydrogen-bond donors (Lipinski definition) is 1. The van der Waals surface area contributed by atoms with Gasteiger partial charge in [-0.2, -0.15) is 0 Å². The van der Waals surface area contributed by atoms with Crippen LogP contribution >= 0.6 is 27.5 Å². The number of carbonyl (C=O) groups is 2. The number of ether oxygens (including phenoxy) is 1. The number of amides is 2. The zero-order valence-electron chi connectivity index (χ0n) is 23.6. The van der Waals surface area contributed by atoms with Crippen LogP contribution < -0.4 is 14.4 Å². The summed E-state index contributed by atoms with van der Waals surface area (Å²) in [6.45, 7) is -0.410. The molecule has 3 aromatic rings. The van der Waals surface area contributed by atoms with E-state index in [1.807, 2.05) is 54.6 Å². The van der Waals surface area contributed by atoms with Crippen molar-refractivity contribution in [2.75, 3.05) is 24.2 Å². The minimum Gasteiger partial charge on any atom is -0.495 e. The first-order chi connectivity index (χ1) is 20.0. The lowest BCUT2D eigenvalue weighted by Crippen LogP contribution is -2.54. The Morgan fingerprint density at radius 1 is 1.02 bits per heavy atom. The summed E-state index contributed by atoms with van der Waals surface area (Å²) in [5.74, 6) is -0.398. The van der Waals surface area contributed by atoms with Crippen LogP contribution in [0.3, 0.4) is 0 Å². The number of carbonyl (C=O) groups excluding carboxylic acids is 2. The van der Waals surface area contributed by atoms with E-state index in [9.17, 15) is 18.0 Å². The van der Waals surface area contributed by atoms with Gasteiger partial charge in [0.25, 0.3) is 0 Å². The third-order valence-electron chi connectivity index (χ3n) is 7.32. The molecule has 8 nitrogen and oxygen atoms in total. The molecule has 1 N–H and O–H groups in total. The quantitative estimate of drug-likeness (QED) is 0.271. The van der Waals surface area contributed by atoms with Crippen molar-refractivity contribution in [3.8, 4) is 5.75 Å². The van der Waals surface area contributed by atoms with Crippen molar-refractivity contribution in [3.63, 3.8) is 0 Å². The first-order valence-electron chi connectivity index (χ1n) is 13.7. The summed E-state index contributed by atoms with van der Waals surface area (Å²) in [6.07, 6.45) is 5.18. The molecule has 1 saturated carbocycles. The highest BCUT2D eigenvalue weighted by atomic mass is 79.9. The minimum atomic E-state index is -3.91. The van der Waals surface area contributed by atoms with Crippen LogP contribution in [-0.2, 0) is 32.6 Å². The fourth-order valence-corrected chi connectivity index (χ4v) is 6.72. The van der Waals surface area contributed by atoms with Crippen molar-refractivity contribution in [2.24, 2.45) is 0 Å². The van der Waals surface area contributed by atoms with Crippen molar-refractivity contribution < 1.29 is 22.7 Å². The highest BCUT2D eigenvalue weighted by Gasteiger charge is 2.34. The Bertz CT molecular complexity index is 1500. The molecule has 1 fully saturated rings. The molecule has 0 saturated heterocycles. The molecular formula is C31H35BrClN3O5S. The largest absolute Gasteiger partial charge is 0.495 e. The molecule has 0 bridgehead atoms. The topological polar surface area (TPSA) is 96.0 Å². The van der Waals surface area contributed by atoms with Crippen LogP contribution in [0.25, 0.3) is 0 Å². The van der Waals surface area contributed by atoms with E-state index in [0.29, 0.717) is 5.75 Å². The molecule has 224 valence electrons. The zero-order chi connectivity index (χ0) is 30.3. The fourth-order valence-electron chi connectivity index (χ4n) is 5.18. The summed E-state index contributed by atoms with van der Waals surface area (Å²) < 4.78 is 33.0. The Balaban J connectivity index is 1.73. The standard InChI is InChI=1S/C31H35BrClN3O5S/c1-41-29-16-15-26(19-27(29)33)36(42(2,39)40)21-30(37)35(20-23-11-8-12-24(32)17-23)28(18-22-9-4-3-5-10-22)31(38)34-25-13-6-7-14-25/h3-5,8-12,15-17,19,25,28H,6-7,13-14,18,20-21H2,1-2H3,(H,34,38)/t28-/m1/s1. The number of nitrogens with zero attached hydrogens (tertiary/aromatic N) is 2. The molecule has 0 heterocycles. The summed E-state index contributed by atoms with van der Waals surface area (Å²) in [5.41, 5.74) is 1.90. The molecular weight excluding hydrogens is 642 g/mol. The number of anilines is 1. The summed E-state index contributed by atoms with van der Waals surface area (Å²) in [6, 6.07) is 20.7. The van der Waals surface area contributed by atoms with Gasteiger partial charge in [-0.05, 0) is 54.3 Å². The van der Waals surface area contributed by atoms with Crippen LogP contribution in [0.15, 0.2) is 77.3 Å². The Hall–Kier alpha value is -3.08. The van der Waals surface area contributed by atoms with Gasteiger partial charge in [0.15, 0.2) is 0 Å². The summed E-state index contributed by atoms with van der Waals surface area (Å²) in [5, 5.41) is 3.37. The zero-order valence-corrected chi connectivity index (χ0v) is 26.8. The predicted octanol–water partition coefficient (Wildman–Crippen LogP) is 5.58. The van der Waals surface area contributed by atoms with Gasteiger partial charge in [-0.3, -0.25) is 13.9 Å². The average Bonchev–Trinajstić information content (AvgIpc) is 3.46. The van der Waals surface area contributed by atoms with E-state index in [1.165, 1.54) is 24.1 Å². The normalized spacial score (nSPS) is 14.3. The smallest absolute Gasteiger partial charge is 0.244 e. The van der Waals surface area contributed by atoms with Gasteiger partial charge in [0.1, 0.15) is 18.3 Å². The van der Waals surface area contributed by atoms with E-state index >= 15 is 0 Å². The lowest BCUT2D eigenvalue weighted by atomic mass is 10.0. The highest BCUT2D eigenvalue weighted by molar-refractivity contribution is 9.10. The average molecular weight is 677 g/mol. The third-order valence-corrected chi connectivity index (χ3v) is 9.25. The van der Waals surface area contributed by atoms with Crippen LogP contribution in [-0.4, -0.2) is 57.1 Å². The summed E-state index contributed by atoms with van der Waals surface area (Å²) in [4.78, 5) is 29.6. The van der Waals surface area contributed by atoms with E-state index in [4.69, 9.17) is 16.3 Å². The number of rotatable bonds is 12. The molecule has 11 heteroatoms. The Labute approximate surface area is 261 Å². The number of nitrogens with one attached hydrogen (secondary N) is 1. The van der Waals surface area contributed by atoms with Crippen LogP contribution in [0.4, 0.5) is 5.69 Å². The molecule has 0 aromatic heterocycles. The second kappa shape index (κ2) is 14.4. The lowest BCUT2D eigenvalue weighted by molar-refractivity contribution is -0.140. The molecule has 0 aliphatic heterocycles. The Morgan fingerprint density at radius 3 is 2.33 bits per heavy atom. The third kappa shape index (κ3) is 8.49. The number of hydrogen-bond acceptors (Lipinski definition) is 5. The second-order valence-electron chi connectivity index (χ2n) is 10.4. The van der Waals surface area contributed by atoms with Crippen molar-refractivity contribution in [2.45, 2.75) is 50.7 Å². The summed E-state index contributed by atoms with van der Waals surface area (Å²) in [7, 11) is -2.45. The maximum absolute atomic E-state index is 14.2. The molecule has 1 atom stereocenters. The molecule has 1 aliphatic carbocycles. The Kier molecular flexibility index (Phi) is 10.9. The molecule has 2 amide bonds. The van der Waals surface area contributed by atoms with E-state index in [-0.39, 0.29) is 35.6 Å². The highest BCUT2D eigenvalue weighted by Crippen LogP contribution is 2.30. The molecule has 4 rings (SSSR count). The van der Waals surface area contributed by atoms with Gasteiger partial charge >= 0.3 is 0 Å². The molecule has 3 aromatic carbocycles. The van der Waals surface area contributed by atoms with E-state index < -0.39 is 28.5 Å². The van der Waals surface area contributed by atoms with Crippen LogP contribution in [0.2, 0.25) is 5.02 Å². The molecule has 0 radical (unpaired) electrons. The number of benzene rings is 3. The summed E-state index contributed by atoms with van der Waals surface area (Å²) >= 11 is 9.80. The molecule has 0 spiro atoms. The van der Waals surface area contributed by atoms with Gasteiger partial charge in [0, 0.05) is 23.5 Å². The number of sulfonamides is 1. The van der Waals surface area contributed by atoms with Crippen molar-refractivity contribution >= 4 is 55.1 Å². The van der Waals surface area contributed by atoms with Crippen molar-refractivity contribution in [1.82, 2.24) is 10.2 Å². The SMILES string of the molecule is COc1ccc(N(CC(=O)N(Cc2cccc(Br)c2)[C@H](Cc2ccccc2)C(=O)NC2CCCC2)S(C)(=O)=O)cc1Cl. The van der Waals surface area contributed by atoms with Gasteiger partial charge in [-0.25, -0.2) is 8.42 Å². The van der Waals surface area contributed by atoms with E-state index in [2.05, 4.69) is 21.2 Å². The lowest BCUT2D eigenvalue weighted by Gasteiger charge is -2.34. The van der Waals surface area contributed by atoms with E-state index in [1.54, 1.807) is 6.07 Å². The monoisotopic (exact) mass is 675 g/mol. The van der Waals surface area contributed by atoms with Gasteiger partial charge < -0.3 is 15.0 Å². The Morgan fingerprint density at radius 2 is 1.71 bits per heavy atom. The second-order valence-corrected chi connectivity index (χ2v) is 13.7. The molecule has 1 aliphatic rings. The maximum atomic E-state index is 14.2. The van der Waals surface area contributed by atoms with Gasteiger partial charge in [0.05, 0.1) is 24.1 Å². The molecule has 0 unspecified atom stereocenters. The van der Waals surface area contributed by atoms with E-state index in [0.717, 1.165) is 51.8 Å². The fraction of sp³-hybridized carbons (Fsp3) is 0.355. The number of halogens is 2. The van der Waals surface area contributed by atoms with Crippen molar-refractivity contribution in [3.05, 3.63) is 93.4 Å². The van der Waals surface area contributed by atoms with Crippen LogP contribution in [0, 0.1) is 0 Å². The number of methoxy groups -OCH3 is 1. The maximum Gasteiger partial charge on any atom is 0.244 e. The molecule has 42 heavy (non-hydrogen) atoms.